The number of amides is 1. The van der Waals surface area contributed by atoms with Crippen LogP contribution in [0, 0.1) is 0 Å². The zero-order valence-corrected chi connectivity index (χ0v) is 17.8. The summed E-state index contributed by atoms with van der Waals surface area (Å²) in [5.74, 6) is 0.289. The summed E-state index contributed by atoms with van der Waals surface area (Å²) in [5, 5.41) is 0. The Balaban J connectivity index is 1.82. The van der Waals surface area contributed by atoms with E-state index in [1.54, 1.807) is 0 Å². The number of carbonyl (C=O) groups excluding carboxylic acids is 1. The topological polar surface area (TPSA) is 20.3 Å². The van der Waals surface area contributed by atoms with E-state index in [1.165, 1.54) is 89.9 Å². The van der Waals surface area contributed by atoms with Crippen molar-refractivity contribution in [3.63, 3.8) is 0 Å². The highest BCUT2D eigenvalue weighted by Crippen LogP contribution is 2.36. The van der Waals surface area contributed by atoms with Gasteiger partial charge in [0.05, 0.1) is 0 Å². The lowest BCUT2D eigenvalue weighted by atomic mass is 9.98. The molecule has 0 bridgehead atoms. The molecule has 1 heterocycles. The molecule has 0 spiro atoms. The number of hydrogen-bond acceptors (Lipinski definition) is 1. The van der Waals surface area contributed by atoms with Crippen LogP contribution < -0.4 is 0 Å². The fourth-order valence-electron chi connectivity index (χ4n) is 3.73. The normalized spacial score (nSPS) is 21.0. The largest absolute Gasteiger partial charge is 0.344 e. The van der Waals surface area contributed by atoms with Gasteiger partial charge in [-0.1, -0.05) is 113 Å². The van der Waals surface area contributed by atoms with Crippen molar-refractivity contribution in [3.05, 3.63) is 0 Å². The molecule has 1 unspecified atom stereocenters. The van der Waals surface area contributed by atoms with Gasteiger partial charge in [0.15, 0.2) is 0 Å². The highest BCUT2D eigenvalue weighted by molar-refractivity contribution is 9.10. The lowest BCUT2D eigenvalue weighted by molar-refractivity contribution is -0.128. The number of nitrogens with zero attached hydrogens (tertiary/aromatic N) is 1. The molecular weight excluding hydrogens is 362 g/mol. The third kappa shape index (κ3) is 8.87. The van der Waals surface area contributed by atoms with Crippen molar-refractivity contribution in [1.29, 1.82) is 0 Å². The Morgan fingerprint density at radius 1 is 0.833 bits per heavy atom. The number of halogens is 1. The van der Waals surface area contributed by atoms with E-state index in [0.717, 1.165) is 19.4 Å². The van der Waals surface area contributed by atoms with E-state index in [2.05, 4.69) is 22.9 Å². The summed E-state index contributed by atoms with van der Waals surface area (Å²) in [7, 11) is 1.91. The lowest BCUT2D eigenvalue weighted by Crippen LogP contribution is -2.32. The molecule has 3 heteroatoms. The van der Waals surface area contributed by atoms with Crippen LogP contribution in [0.25, 0.3) is 0 Å². The van der Waals surface area contributed by atoms with Gasteiger partial charge in [-0.2, -0.15) is 0 Å². The van der Waals surface area contributed by atoms with Gasteiger partial charge in [-0.15, -0.1) is 0 Å². The highest BCUT2D eigenvalue weighted by atomic mass is 79.9. The first kappa shape index (κ1) is 22.0. The molecule has 1 aliphatic rings. The van der Waals surface area contributed by atoms with Crippen molar-refractivity contribution < 1.29 is 4.79 Å². The van der Waals surface area contributed by atoms with Gasteiger partial charge in [0.1, 0.15) is 4.32 Å². The standard InChI is InChI=1S/C21H40BrNO/c1-3-4-5-6-7-8-9-10-11-12-13-14-15-16-17-21(22)18-19-23(2)20(21)24/h3-19H2,1-2H3. The van der Waals surface area contributed by atoms with Crippen LogP contribution in [-0.2, 0) is 4.79 Å². The number of rotatable bonds is 15. The summed E-state index contributed by atoms with van der Waals surface area (Å²) in [6, 6.07) is 0. The van der Waals surface area contributed by atoms with Crippen LogP contribution in [-0.4, -0.2) is 28.7 Å². The number of alkyl halides is 1. The summed E-state index contributed by atoms with van der Waals surface area (Å²) in [4.78, 5) is 13.9. The van der Waals surface area contributed by atoms with Gasteiger partial charge in [-0.3, -0.25) is 4.79 Å². The number of hydrogen-bond donors (Lipinski definition) is 0. The van der Waals surface area contributed by atoms with Gasteiger partial charge in [-0.25, -0.2) is 0 Å². The average molecular weight is 402 g/mol. The SMILES string of the molecule is CCCCCCCCCCCCCCCCC1(Br)CCN(C)C1=O. The minimum absolute atomic E-state index is 0.237. The Morgan fingerprint density at radius 2 is 1.25 bits per heavy atom. The van der Waals surface area contributed by atoms with Crippen molar-refractivity contribution in [2.24, 2.45) is 0 Å². The number of unbranched alkanes of at least 4 members (excludes halogenated alkanes) is 13. The number of likely N-dealkylation sites (tertiary alicyclic amines) is 1. The molecule has 1 amide bonds. The molecule has 0 saturated carbocycles. The van der Waals surface area contributed by atoms with Gasteiger partial charge in [-0.05, 0) is 12.8 Å². The third-order valence-electron chi connectivity index (χ3n) is 5.50. The Labute approximate surface area is 159 Å². The molecule has 0 aliphatic carbocycles. The van der Waals surface area contributed by atoms with Gasteiger partial charge in [0, 0.05) is 13.6 Å². The van der Waals surface area contributed by atoms with Crippen molar-refractivity contribution >= 4 is 21.8 Å². The summed E-state index contributed by atoms with van der Waals surface area (Å²) in [5.41, 5.74) is 0. The molecule has 1 saturated heterocycles. The van der Waals surface area contributed by atoms with Crippen LogP contribution in [0.1, 0.15) is 110 Å². The van der Waals surface area contributed by atoms with E-state index >= 15 is 0 Å². The van der Waals surface area contributed by atoms with Crippen LogP contribution in [0.3, 0.4) is 0 Å². The van der Waals surface area contributed by atoms with E-state index in [9.17, 15) is 4.79 Å². The molecule has 0 aromatic carbocycles. The van der Waals surface area contributed by atoms with Crippen LogP contribution in [0.5, 0.6) is 0 Å². The Kier molecular flexibility index (Phi) is 12.1. The quantitative estimate of drug-likeness (QED) is 0.217. The maximum atomic E-state index is 12.1. The Hall–Kier alpha value is -0.0500. The van der Waals surface area contributed by atoms with Gasteiger partial charge in [0.2, 0.25) is 5.91 Å². The van der Waals surface area contributed by atoms with Crippen LogP contribution in [0.4, 0.5) is 0 Å². The molecule has 1 fully saturated rings. The maximum Gasteiger partial charge on any atom is 0.239 e. The maximum absolute atomic E-state index is 12.1. The predicted octanol–water partition coefficient (Wildman–Crippen LogP) is 6.85. The van der Waals surface area contributed by atoms with Gasteiger partial charge in [0.25, 0.3) is 0 Å². The van der Waals surface area contributed by atoms with Gasteiger partial charge >= 0.3 is 0 Å². The molecule has 24 heavy (non-hydrogen) atoms. The number of carbonyl (C=O) groups is 1. The van der Waals surface area contributed by atoms with Gasteiger partial charge < -0.3 is 4.90 Å². The Morgan fingerprint density at radius 3 is 1.62 bits per heavy atom. The van der Waals surface area contributed by atoms with Crippen molar-refractivity contribution in [2.45, 2.75) is 114 Å². The third-order valence-corrected chi connectivity index (χ3v) is 6.63. The van der Waals surface area contributed by atoms with E-state index in [1.807, 2.05) is 11.9 Å². The first-order valence-electron chi connectivity index (χ1n) is 10.5. The first-order chi connectivity index (χ1) is 11.6. The summed E-state index contributed by atoms with van der Waals surface area (Å²) in [6.45, 7) is 3.19. The Bertz CT molecular complexity index is 334. The average Bonchev–Trinajstić information content (AvgIpc) is 2.83. The second kappa shape index (κ2) is 13.2. The summed E-state index contributed by atoms with van der Waals surface area (Å²) < 4.78 is -0.237. The molecule has 1 rings (SSSR count). The summed E-state index contributed by atoms with van der Waals surface area (Å²) in [6.07, 6.45) is 21.4. The molecule has 0 N–H and O–H groups in total. The summed E-state index contributed by atoms with van der Waals surface area (Å²) >= 11 is 3.70. The molecule has 142 valence electrons. The van der Waals surface area contributed by atoms with Crippen molar-refractivity contribution in [2.75, 3.05) is 13.6 Å². The van der Waals surface area contributed by atoms with Crippen molar-refractivity contribution in [3.8, 4) is 0 Å². The minimum Gasteiger partial charge on any atom is -0.344 e. The molecule has 0 aromatic heterocycles. The smallest absolute Gasteiger partial charge is 0.239 e. The van der Waals surface area contributed by atoms with Crippen molar-refractivity contribution in [1.82, 2.24) is 4.90 Å². The fourth-order valence-corrected chi connectivity index (χ4v) is 4.49. The van der Waals surface area contributed by atoms with Crippen LogP contribution in [0.15, 0.2) is 0 Å². The molecule has 1 aliphatic heterocycles. The second-order valence-electron chi connectivity index (χ2n) is 7.79. The molecule has 0 aromatic rings. The zero-order chi connectivity index (χ0) is 17.7. The van der Waals surface area contributed by atoms with E-state index < -0.39 is 0 Å². The van der Waals surface area contributed by atoms with E-state index in [0.29, 0.717) is 0 Å². The van der Waals surface area contributed by atoms with Crippen LogP contribution in [0.2, 0.25) is 0 Å². The molecular formula is C21H40BrNO. The minimum atomic E-state index is -0.237. The second-order valence-corrected chi connectivity index (χ2v) is 9.31. The van der Waals surface area contributed by atoms with Crippen LogP contribution >= 0.6 is 15.9 Å². The van der Waals surface area contributed by atoms with E-state index in [-0.39, 0.29) is 10.2 Å². The monoisotopic (exact) mass is 401 g/mol. The lowest BCUT2D eigenvalue weighted by Gasteiger charge is -2.19. The zero-order valence-electron chi connectivity index (χ0n) is 16.3. The van der Waals surface area contributed by atoms with E-state index in [4.69, 9.17) is 0 Å². The molecule has 0 radical (unpaired) electrons. The molecule has 2 nitrogen and oxygen atoms in total. The first-order valence-corrected chi connectivity index (χ1v) is 11.3. The predicted molar refractivity (Wildman–Crippen MR) is 109 cm³/mol. The molecule has 1 atom stereocenters. The fraction of sp³-hybridized carbons (Fsp3) is 0.952. The highest BCUT2D eigenvalue weighted by Gasteiger charge is 2.42.